The molecule has 5 nitrogen and oxygen atoms in total. The first-order chi connectivity index (χ1) is 14.1. The van der Waals surface area contributed by atoms with E-state index in [2.05, 4.69) is 34.6 Å². The molecule has 0 saturated heterocycles. The molecule has 168 valence electrons. The van der Waals surface area contributed by atoms with Crippen molar-refractivity contribution in [1.29, 1.82) is 0 Å². The first-order valence-electron chi connectivity index (χ1n) is 11.4. The maximum Gasteiger partial charge on any atom is 0.257 e. The van der Waals surface area contributed by atoms with Gasteiger partial charge in [0.1, 0.15) is 12.4 Å². The van der Waals surface area contributed by atoms with Crippen molar-refractivity contribution in [2.45, 2.75) is 73.3 Å². The van der Waals surface area contributed by atoms with Crippen LogP contribution in [0.3, 0.4) is 0 Å². The smallest absolute Gasteiger partial charge is 0.257 e. The summed E-state index contributed by atoms with van der Waals surface area (Å²) in [7, 11) is 0. The van der Waals surface area contributed by atoms with Crippen LogP contribution in [0.2, 0.25) is 0 Å². The van der Waals surface area contributed by atoms with Crippen LogP contribution in [-0.2, 0) is 4.79 Å². The summed E-state index contributed by atoms with van der Waals surface area (Å²) in [6.45, 7) is 15.1. The van der Waals surface area contributed by atoms with E-state index in [-0.39, 0.29) is 29.2 Å². The summed E-state index contributed by atoms with van der Waals surface area (Å²) in [5.41, 5.74) is 0.551. The lowest BCUT2D eigenvalue weighted by molar-refractivity contribution is -0.137. The third-order valence-corrected chi connectivity index (χ3v) is 5.69. The molecule has 1 atom stereocenters. The molecule has 5 heteroatoms. The first-order valence-corrected chi connectivity index (χ1v) is 11.4. The number of rotatable bonds is 3. The molecule has 0 saturated carbocycles. The predicted molar refractivity (Wildman–Crippen MR) is 122 cm³/mol. The maximum atomic E-state index is 13.2. The number of ether oxygens (including phenoxy) is 1. The lowest BCUT2D eigenvalue weighted by atomic mass is 9.90. The van der Waals surface area contributed by atoms with E-state index in [4.69, 9.17) is 4.74 Å². The Hall–Kier alpha value is -2.04. The molecule has 1 aromatic carbocycles. The third-order valence-electron chi connectivity index (χ3n) is 5.69. The molecule has 1 aliphatic heterocycles. The normalized spacial score (nSPS) is 19.4. The quantitative estimate of drug-likeness (QED) is 0.697. The fourth-order valence-electron chi connectivity index (χ4n) is 3.95. The molecule has 30 heavy (non-hydrogen) atoms. The molecule has 0 unspecified atom stereocenters. The van der Waals surface area contributed by atoms with Crippen molar-refractivity contribution in [3.8, 4) is 5.75 Å². The number of para-hydroxylation sites is 1. The van der Waals surface area contributed by atoms with E-state index in [1.165, 1.54) is 0 Å². The zero-order valence-electron chi connectivity index (χ0n) is 19.7. The summed E-state index contributed by atoms with van der Waals surface area (Å²) in [5, 5.41) is 0. The average molecular weight is 417 g/mol. The number of hydrogen-bond donors (Lipinski definition) is 0. The molecule has 0 N–H and O–H groups in total. The van der Waals surface area contributed by atoms with Crippen molar-refractivity contribution >= 4 is 11.8 Å². The van der Waals surface area contributed by atoms with Gasteiger partial charge in [0.2, 0.25) is 5.91 Å². The average Bonchev–Trinajstić information content (AvgIpc) is 2.68. The van der Waals surface area contributed by atoms with Crippen LogP contribution in [0.4, 0.5) is 0 Å². The van der Waals surface area contributed by atoms with E-state index in [9.17, 15) is 9.59 Å². The summed E-state index contributed by atoms with van der Waals surface area (Å²) in [6, 6.07) is 7.45. The molecule has 2 amide bonds. The highest BCUT2D eigenvalue weighted by Crippen LogP contribution is 2.26. The Bertz CT molecular complexity index is 709. The molecule has 0 aromatic heterocycles. The van der Waals surface area contributed by atoms with Crippen LogP contribution in [0.25, 0.3) is 0 Å². The summed E-state index contributed by atoms with van der Waals surface area (Å²) < 4.78 is 6.21. The van der Waals surface area contributed by atoms with Crippen LogP contribution in [0, 0.1) is 11.3 Å². The van der Waals surface area contributed by atoms with Crippen molar-refractivity contribution in [1.82, 2.24) is 9.80 Å². The van der Waals surface area contributed by atoms with Gasteiger partial charge in [-0.05, 0) is 49.7 Å². The Morgan fingerprint density at radius 2 is 1.80 bits per heavy atom. The minimum atomic E-state index is -0.0543. The zero-order chi connectivity index (χ0) is 22.3. The molecular formula is C25H40N2O3. The molecule has 0 radical (unpaired) electrons. The number of benzene rings is 1. The maximum absolute atomic E-state index is 13.2. The summed E-state index contributed by atoms with van der Waals surface area (Å²) in [5.74, 6) is 1.08. The Balaban J connectivity index is 2.35. The Kier molecular flexibility index (Phi) is 8.75. The Labute approximate surface area is 182 Å². The van der Waals surface area contributed by atoms with Gasteiger partial charge in [0, 0.05) is 26.1 Å². The zero-order valence-corrected chi connectivity index (χ0v) is 19.7. The van der Waals surface area contributed by atoms with Gasteiger partial charge < -0.3 is 14.5 Å². The van der Waals surface area contributed by atoms with E-state index in [1.807, 2.05) is 41.0 Å². The fourth-order valence-corrected chi connectivity index (χ4v) is 3.95. The van der Waals surface area contributed by atoms with Crippen molar-refractivity contribution in [3.05, 3.63) is 29.8 Å². The number of amides is 2. The lowest BCUT2D eigenvalue weighted by Crippen LogP contribution is -2.48. The van der Waals surface area contributed by atoms with Crippen molar-refractivity contribution < 1.29 is 14.3 Å². The van der Waals surface area contributed by atoms with Gasteiger partial charge in [0.15, 0.2) is 0 Å². The van der Waals surface area contributed by atoms with Crippen LogP contribution in [0.1, 0.15) is 77.6 Å². The highest BCUT2D eigenvalue weighted by Gasteiger charge is 2.30. The molecule has 1 aliphatic rings. The SMILES string of the molecule is CCN1CCCCCN(C(=O)CC(C)(C)C)[C@@H](C(C)C)COc2ccccc2C1=O. The van der Waals surface area contributed by atoms with Crippen molar-refractivity contribution in [2.75, 3.05) is 26.2 Å². The van der Waals surface area contributed by atoms with Gasteiger partial charge in [-0.15, -0.1) is 0 Å². The minimum absolute atomic E-state index is 0.0222. The topological polar surface area (TPSA) is 49.9 Å². The van der Waals surface area contributed by atoms with Crippen molar-refractivity contribution in [3.63, 3.8) is 0 Å². The van der Waals surface area contributed by atoms with Gasteiger partial charge >= 0.3 is 0 Å². The van der Waals surface area contributed by atoms with E-state index in [0.29, 0.717) is 30.9 Å². The Morgan fingerprint density at radius 1 is 1.13 bits per heavy atom. The predicted octanol–water partition coefficient (Wildman–Crippen LogP) is 5.00. The second-order valence-corrected chi connectivity index (χ2v) is 9.89. The molecule has 0 bridgehead atoms. The van der Waals surface area contributed by atoms with Gasteiger partial charge in [-0.3, -0.25) is 9.59 Å². The molecule has 0 fully saturated rings. The number of hydrogen-bond acceptors (Lipinski definition) is 3. The first kappa shape index (κ1) is 24.2. The summed E-state index contributed by atoms with van der Waals surface area (Å²) in [6.07, 6.45) is 3.40. The molecule has 1 heterocycles. The van der Waals surface area contributed by atoms with E-state index in [1.54, 1.807) is 0 Å². The third kappa shape index (κ3) is 6.75. The second-order valence-electron chi connectivity index (χ2n) is 9.89. The number of fused-ring (bicyclic) bond motifs is 1. The Morgan fingerprint density at radius 3 is 2.43 bits per heavy atom. The van der Waals surface area contributed by atoms with Crippen LogP contribution < -0.4 is 4.74 Å². The number of nitrogens with zero attached hydrogens (tertiary/aromatic N) is 2. The lowest BCUT2D eigenvalue weighted by Gasteiger charge is -2.36. The van der Waals surface area contributed by atoms with Crippen molar-refractivity contribution in [2.24, 2.45) is 11.3 Å². The van der Waals surface area contributed by atoms with Crippen LogP contribution in [-0.4, -0.2) is 53.9 Å². The molecular weight excluding hydrogens is 376 g/mol. The molecule has 1 aromatic rings. The van der Waals surface area contributed by atoms with Crippen LogP contribution in [0.15, 0.2) is 24.3 Å². The summed E-state index contributed by atoms with van der Waals surface area (Å²) >= 11 is 0. The number of carbonyl (C=O) groups excluding carboxylic acids is 2. The van der Waals surface area contributed by atoms with Gasteiger partial charge in [-0.2, -0.15) is 0 Å². The van der Waals surface area contributed by atoms with Gasteiger partial charge in [-0.25, -0.2) is 0 Å². The molecule has 0 spiro atoms. The largest absolute Gasteiger partial charge is 0.491 e. The molecule has 0 aliphatic carbocycles. The minimum Gasteiger partial charge on any atom is -0.491 e. The summed E-state index contributed by atoms with van der Waals surface area (Å²) in [4.78, 5) is 30.2. The standard InChI is InChI=1S/C25H40N2O3/c1-7-26-15-11-8-12-16-27(23(28)17-25(4,5)6)21(19(2)3)18-30-22-14-10-9-13-20(22)24(26)29/h9-10,13-14,19,21H,7-8,11-12,15-18H2,1-6H3/t21-/m1/s1. The highest BCUT2D eigenvalue weighted by atomic mass is 16.5. The van der Waals surface area contributed by atoms with Gasteiger partial charge in [-0.1, -0.05) is 46.8 Å². The fraction of sp³-hybridized carbons (Fsp3) is 0.680. The monoisotopic (exact) mass is 416 g/mol. The van der Waals surface area contributed by atoms with Crippen LogP contribution >= 0.6 is 0 Å². The van der Waals surface area contributed by atoms with Gasteiger partial charge in [0.05, 0.1) is 11.6 Å². The number of carbonyl (C=O) groups is 2. The van der Waals surface area contributed by atoms with E-state index < -0.39 is 0 Å². The van der Waals surface area contributed by atoms with E-state index in [0.717, 1.165) is 32.4 Å². The second kappa shape index (κ2) is 10.8. The van der Waals surface area contributed by atoms with Gasteiger partial charge in [0.25, 0.3) is 5.91 Å². The van der Waals surface area contributed by atoms with Crippen LogP contribution in [0.5, 0.6) is 5.75 Å². The van der Waals surface area contributed by atoms with E-state index >= 15 is 0 Å². The molecule has 2 rings (SSSR count). The highest BCUT2D eigenvalue weighted by molar-refractivity contribution is 5.96.